The largest absolute Gasteiger partial charge is 0.185 e. The topological polar surface area (TPSA) is 23.8 Å². The second-order valence-corrected chi connectivity index (χ2v) is 6.24. The Morgan fingerprint density at radius 3 is 2.63 bits per heavy atom. The van der Waals surface area contributed by atoms with E-state index in [1.165, 1.54) is 11.8 Å². The summed E-state index contributed by atoms with van der Waals surface area (Å²) in [6.07, 6.45) is 0. The van der Waals surface area contributed by atoms with Gasteiger partial charge < -0.3 is 0 Å². The first-order valence-corrected chi connectivity index (χ1v) is 7.64. The number of rotatable bonds is 2. The second-order valence-electron chi connectivity index (χ2n) is 3.96. The molecule has 0 atom stereocenters. The highest BCUT2D eigenvalue weighted by atomic mass is 35.5. The molecule has 0 aliphatic heterocycles. The van der Waals surface area contributed by atoms with E-state index in [2.05, 4.69) is 17.5 Å². The lowest BCUT2D eigenvalue weighted by molar-refractivity contribution is 1.56. The molecule has 19 heavy (non-hydrogen) atoms. The molecule has 92 valence electrons. The van der Waals surface area contributed by atoms with Crippen LogP contribution in [0.25, 0.3) is 20.5 Å². The first-order chi connectivity index (χ1) is 9.29. The van der Waals surface area contributed by atoms with Crippen LogP contribution in [0.5, 0.6) is 0 Å². The first-order valence-electron chi connectivity index (χ1n) is 5.63. The minimum atomic E-state index is 0.724. The standard InChI is InChI=1S/C15H8ClNS2/c16-11-6-7-12-13(8-11)19-14(15(12)18-9-17)10-4-2-1-3-5-10/h1-8H. The van der Waals surface area contributed by atoms with Crippen molar-refractivity contribution in [1.29, 1.82) is 5.26 Å². The van der Waals surface area contributed by atoms with Gasteiger partial charge in [-0.05, 0) is 29.5 Å². The van der Waals surface area contributed by atoms with Gasteiger partial charge in [0.2, 0.25) is 0 Å². The van der Waals surface area contributed by atoms with Gasteiger partial charge in [0, 0.05) is 20.0 Å². The van der Waals surface area contributed by atoms with Gasteiger partial charge in [-0.1, -0.05) is 48.0 Å². The van der Waals surface area contributed by atoms with Crippen LogP contribution in [0.1, 0.15) is 0 Å². The highest BCUT2D eigenvalue weighted by Crippen LogP contribution is 2.44. The molecule has 1 aromatic heterocycles. The molecule has 0 unspecified atom stereocenters. The minimum absolute atomic E-state index is 0.724. The number of thiophene rings is 1. The van der Waals surface area contributed by atoms with Crippen molar-refractivity contribution in [1.82, 2.24) is 0 Å². The zero-order valence-electron chi connectivity index (χ0n) is 9.76. The molecule has 0 bridgehead atoms. The van der Waals surface area contributed by atoms with E-state index in [0.717, 1.165) is 30.4 Å². The molecule has 1 heterocycles. The van der Waals surface area contributed by atoms with Crippen molar-refractivity contribution in [3.63, 3.8) is 0 Å². The lowest BCUT2D eigenvalue weighted by atomic mass is 10.1. The number of thiocyanates is 1. The monoisotopic (exact) mass is 301 g/mol. The number of hydrogen-bond acceptors (Lipinski definition) is 3. The van der Waals surface area contributed by atoms with Crippen molar-refractivity contribution in [2.45, 2.75) is 4.90 Å². The Labute approximate surface area is 124 Å². The van der Waals surface area contributed by atoms with Gasteiger partial charge in [0.05, 0.1) is 4.88 Å². The molecule has 3 rings (SSSR count). The zero-order valence-corrected chi connectivity index (χ0v) is 12.1. The molecule has 0 saturated heterocycles. The minimum Gasteiger partial charge on any atom is -0.185 e. The smallest absolute Gasteiger partial charge is 0.138 e. The molecule has 0 saturated carbocycles. The Morgan fingerprint density at radius 2 is 1.89 bits per heavy atom. The molecule has 0 aliphatic rings. The van der Waals surface area contributed by atoms with E-state index in [-0.39, 0.29) is 0 Å². The SMILES string of the molecule is N#CSc1c(-c2ccccc2)sc2cc(Cl)ccc12. The molecular weight excluding hydrogens is 294 g/mol. The fraction of sp³-hybridized carbons (Fsp3) is 0. The number of hydrogen-bond donors (Lipinski definition) is 0. The molecule has 4 heteroatoms. The normalized spacial score (nSPS) is 10.5. The second kappa shape index (κ2) is 5.26. The number of benzene rings is 2. The predicted molar refractivity (Wildman–Crippen MR) is 83.7 cm³/mol. The van der Waals surface area contributed by atoms with E-state index in [9.17, 15) is 0 Å². The van der Waals surface area contributed by atoms with Crippen LogP contribution in [0.3, 0.4) is 0 Å². The lowest BCUT2D eigenvalue weighted by Gasteiger charge is -1.99. The Kier molecular flexibility index (Phi) is 3.48. The average Bonchev–Trinajstić information content (AvgIpc) is 2.78. The number of halogens is 1. The van der Waals surface area contributed by atoms with E-state index in [1.807, 2.05) is 36.4 Å². The van der Waals surface area contributed by atoms with Crippen LogP contribution >= 0.6 is 34.7 Å². The predicted octanol–water partition coefficient (Wildman–Crippen LogP) is 5.79. The molecule has 0 fully saturated rings. The lowest BCUT2D eigenvalue weighted by Crippen LogP contribution is -1.74. The molecule has 0 aliphatic carbocycles. The van der Waals surface area contributed by atoms with Crippen LogP contribution in [0.15, 0.2) is 53.4 Å². The van der Waals surface area contributed by atoms with Crippen LogP contribution in [0.4, 0.5) is 0 Å². The van der Waals surface area contributed by atoms with Gasteiger partial charge in [0.15, 0.2) is 0 Å². The third-order valence-electron chi connectivity index (χ3n) is 2.79. The Balaban J connectivity index is 2.29. The van der Waals surface area contributed by atoms with E-state index in [1.54, 1.807) is 11.3 Å². The van der Waals surface area contributed by atoms with E-state index in [4.69, 9.17) is 16.9 Å². The third kappa shape index (κ3) is 2.35. The fourth-order valence-electron chi connectivity index (χ4n) is 1.97. The molecule has 3 aromatic rings. The summed E-state index contributed by atoms with van der Waals surface area (Å²) in [4.78, 5) is 2.15. The molecule has 2 aromatic carbocycles. The van der Waals surface area contributed by atoms with Gasteiger partial charge in [0.25, 0.3) is 0 Å². The molecule has 0 radical (unpaired) electrons. The molecular formula is C15H8ClNS2. The van der Waals surface area contributed by atoms with E-state index >= 15 is 0 Å². The summed E-state index contributed by atoms with van der Waals surface area (Å²) < 4.78 is 1.11. The Morgan fingerprint density at radius 1 is 1.11 bits per heavy atom. The average molecular weight is 302 g/mol. The summed E-state index contributed by atoms with van der Waals surface area (Å²) in [6.45, 7) is 0. The van der Waals surface area contributed by atoms with Crippen molar-refractivity contribution < 1.29 is 0 Å². The van der Waals surface area contributed by atoms with Gasteiger partial charge in [-0.3, -0.25) is 0 Å². The highest BCUT2D eigenvalue weighted by Gasteiger charge is 2.14. The van der Waals surface area contributed by atoms with Crippen LogP contribution < -0.4 is 0 Å². The maximum absolute atomic E-state index is 9.01. The number of fused-ring (bicyclic) bond motifs is 1. The van der Waals surface area contributed by atoms with Crippen molar-refractivity contribution in [2.24, 2.45) is 0 Å². The van der Waals surface area contributed by atoms with Crippen molar-refractivity contribution in [3.05, 3.63) is 53.6 Å². The van der Waals surface area contributed by atoms with Crippen LogP contribution in [0, 0.1) is 10.7 Å². The Hall–Kier alpha value is -1.47. The summed E-state index contributed by atoms with van der Waals surface area (Å²) in [5.74, 6) is 0. The number of nitrogens with zero attached hydrogens (tertiary/aromatic N) is 1. The molecule has 0 amide bonds. The van der Waals surface area contributed by atoms with Crippen molar-refractivity contribution >= 4 is 44.8 Å². The summed E-state index contributed by atoms with van der Waals surface area (Å²) in [5.41, 5.74) is 1.14. The quantitative estimate of drug-likeness (QED) is 0.441. The highest BCUT2D eigenvalue weighted by molar-refractivity contribution is 8.04. The number of thioether (sulfide) groups is 1. The number of nitriles is 1. The zero-order chi connectivity index (χ0) is 13.2. The van der Waals surface area contributed by atoms with Gasteiger partial charge in [-0.15, -0.1) is 11.3 Å². The summed E-state index contributed by atoms with van der Waals surface area (Å²) in [6, 6.07) is 15.9. The van der Waals surface area contributed by atoms with Crippen LogP contribution in [0.2, 0.25) is 5.02 Å². The fourth-order valence-corrected chi connectivity index (χ4v) is 4.26. The van der Waals surface area contributed by atoms with Gasteiger partial charge in [0.1, 0.15) is 5.40 Å². The Bertz CT molecular complexity index is 772. The molecule has 1 nitrogen and oxygen atoms in total. The van der Waals surface area contributed by atoms with Gasteiger partial charge >= 0.3 is 0 Å². The van der Waals surface area contributed by atoms with Gasteiger partial charge in [-0.2, -0.15) is 5.26 Å². The third-order valence-corrected chi connectivity index (χ3v) is 5.08. The van der Waals surface area contributed by atoms with Crippen LogP contribution in [-0.4, -0.2) is 0 Å². The van der Waals surface area contributed by atoms with Gasteiger partial charge in [-0.25, -0.2) is 0 Å². The summed E-state index contributed by atoms with van der Waals surface area (Å²) in [5, 5.41) is 13.0. The molecule has 0 spiro atoms. The summed E-state index contributed by atoms with van der Waals surface area (Å²) in [7, 11) is 0. The first kappa shape index (κ1) is 12.6. The maximum atomic E-state index is 9.01. The van der Waals surface area contributed by atoms with Crippen molar-refractivity contribution in [2.75, 3.05) is 0 Å². The maximum Gasteiger partial charge on any atom is 0.138 e. The molecule has 0 N–H and O–H groups in total. The van der Waals surface area contributed by atoms with E-state index in [0.29, 0.717) is 0 Å². The van der Waals surface area contributed by atoms with E-state index < -0.39 is 0 Å². The van der Waals surface area contributed by atoms with Crippen molar-refractivity contribution in [3.8, 4) is 15.8 Å². The van der Waals surface area contributed by atoms with Crippen LogP contribution in [-0.2, 0) is 0 Å². The summed E-state index contributed by atoms with van der Waals surface area (Å²) >= 11 is 8.92.